The number of nitrogens with zero attached hydrogens (tertiary/aromatic N) is 3. The SMILES string of the molecule is O=[N+]([O-])c1cccc(-c2ccc([C@@H]3[C@H](c4ccccn4)NC(=S)N3C[C@@H]3CCCO3)o2)c1. The second-order valence-electron chi connectivity index (χ2n) is 7.92. The van der Waals surface area contributed by atoms with Gasteiger partial charge in [0, 0.05) is 37.0 Å². The van der Waals surface area contributed by atoms with Gasteiger partial charge in [-0.2, -0.15) is 0 Å². The number of nitro benzene ring substituents is 1. The number of benzene rings is 1. The lowest BCUT2D eigenvalue weighted by Crippen LogP contribution is -2.36. The third-order valence-corrected chi connectivity index (χ3v) is 6.23. The molecule has 0 aliphatic carbocycles. The van der Waals surface area contributed by atoms with Gasteiger partial charge in [-0.3, -0.25) is 15.1 Å². The zero-order valence-electron chi connectivity index (χ0n) is 17.2. The number of ether oxygens (including phenoxy) is 1. The first-order valence-electron chi connectivity index (χ1n) is 10.5. The molecular formula is C23H22N4O4S. The van der Waals surface area contributed by atoms with Crippen LogP contribution in [0.15, 0.2) is 65.2 Å². The van der Waals surface area contributed by atoms with Crippen molar-refractivity contribution in [2.24, 2.45) is 0 Å². The van der Waals surface area contributed by atoms with Gasteiger partial charge in [-0.05, 0) is 49.3 Å². The van der Waals surface area contributed by atoms with Crippen molar-refractivity contribution in [1.29, 1.82) is 0 Å². The smallest absolute Gasteiger partial charge is 0.270 e. The van der Waals surface area contributed by atoms with Crippen LogP contribution < -0.4 is 5.32 Å². The van der Waals surface area contributed by atoms with Crippen molar-refractivity contribution in [2.75, 3.05) is 13.2 Å². The summed E-state index contributed by atoms with van der Waals surface area (Å²) < 4.78 is 12.1. The molecule has 0 spiro atoms. The van der Waals surface area contributed by atoms with Crippen LogP contribution in [0, 0.1) is 10.1 Å². The van der Waals surface area contributed by atoms with E-state index in [1.165, 1.54) is 12.1 Å². The van der Waals surface area contributed by atoms with E-state index in [0.717, 1.165) is 25.1 Å². The molecular weight excluding hydrogens is 428 g/mol. The Hall–Kier alpha value is -3.30. The number of hydrogen-bond acceptors (Lipinski definition) is 6. The fraction of sp³-hybridized carbons (Fsp3) is 0.304. The Labute approximate surface area is 190 Å². The zero-order chi connectivity index (χ0) is 22.1. The molecule has 9 heteroatoms. The van der Waals surface area contributed by atoms with Crippen LogP contribution in [-0.4, -0.2) is 39.2 Å². The Morgan fingerprint density at radius 2 is 2.12 bits per heavy atom. The van der Waals surface area contributed by atoms with Crippen molar-refractivity contribution in [2.45, 2.75) is 31.0 Å². The number of nitro groups is 1. The van der Waals surface area contributed by atoms with Crippen LogP contribution in [0.4, 0.5) is 5.69 Å². The number of rotatable bonds is 6. The molecule has 8 nitrogen and oxygen atoms in total. The van der Waals surface area contributed by atoms with Crippen molar-refractivity contribution in [3.05, 3.63) is 82.4 Å². The largest absolute Gasteiger partial charge is 0.459 e. The fourth-order valence-electron chi connectivity index (χ4n) is 4.36. The number of pyridine rings is 1. The first kappa shape index (κ1) is 20.6. The highest BCUT2D eigenvalue weighted by atomic mass is 32.1. The maximum absolute atomic E-state index is 11.2. The number of nitrogens with one attached hydrogen (secondary N) is 1. The summed E-state index contributed by atoms with van der Waals surface area (Å²) in [5, 5.41) is 15.2. The second kappa shape index (κ2) is 8.68. The van der Waals surface area contributed by atoms with Gasteiger partial charge in [-0.15, -0.1) is 0 Å². The summed E-state index contributed by atoms with van der Waals surface area (Å²) in [5.74, 6) is 1.28. The third kappa shape index (κ3) is 3.96. The Kier molecular flexibility index (Phi) is 5.59. The van der Waals surface area contributed by atoms with Crippen LogP contribution in [0.5, 0.6) is 0 Å². The summed E-state index contributed by atoms with van der Waals surface area (Å²) in [6.07, 6.45) is 3.92. The molecule has 32 heavy (non-hydrogen) atoms. The quantitative estimate of drug-likeness (QED) is 0.336. The first-order valence-corrected chi connectivity index (χ1v) is 11.0. The molecule has 164 valence electrons. The highest BCUT2D eigenvalue weighted by Crippen LogP contribution is 2.41. The fourth-order valence-corrected chi connectivity index (χ4v) is 4.67. The average Bonchev–Trinajstić information content (AvgIpc) is 3.56. The molecule has 0 saturated carbocycles. The van der Waals surface area contributed by atoms with Gasteiger partial charge in [-0.1, -0.05) is 18.2 Å². The minimum absolute atomic E-state index is 0.0236. The molecule has 0 bridgehead atoms. The third-order valence-electron chi connectivity index (χ3n) is 5.88. The van der Waals surface area contributed by atoms with Crippen molar-refractivity contribution in [1.82, 2.24) is 15.2 Å². The van der Waals surface area contributed by atoms with Crippen molar-refractivity contribution in [3.63, 3.8) is 0 Å². The Morgan fingerprint density at radius 1 is 1.22 bits per heavy atom. The molecule has 5 rings (SSSR count). The van der Waals surface area contributed by atoms with Gasteiger partial charge in [0.15, 0.2) is 5.11 Å². The minimum Gasteiger partial charge on any atom is -0.459 e. The minimum atomic E-state index is -0.410. The van der Waals surface area contributed by atoms with Crippen molar-refractivity contribution >= 4 is 23.0 Å². The summed E-state index contributed by atoms with van der Waals surface area (Å²) >= 11 is 5.69. The van der Waals surface area contributed by atoms with E-state index in [0.29, 0.717) is 28.7 Å². The standard InChI is InChI=1S/C23H22N4O4S/c28-27(29)16-6-3-5-15(13-16)19-9-10-20(31-19)22-21(18-8-1-2-11-24-18)25-23(32)26(22)14-17-7-4-12-30-17/h1-3,5-6,8-11,13,17,21-22H,4,7,12,14H2,(H,25,32)/t17-,21-,22+/m0/s1. The van der Waals surface area contributed by atoms with Crippen LogP contribution >= 0.6 is 12.2 Å². The molecule has 2 fully saturated rings. The Morgan fingerprint density at radius 3 is 2.88 bits per heavy atom. The lowest BCUT2D eigenvalue weighted by Gasteiger charge is -2.28. The molecule has 0 unspecified atom stereocenters. The molecule has 2 aliphatic heterocycles. The molecule has 1 N–H and O–H groups in total. The van der Waals surface area contributed by atoms with Gasteiger partial charge in [0.2, 0.25) is 0 Å². The molecule has 2 aromatic heterocycles. The zero-order valence-corrected chi connectivity index (χ0v) is 18.0. The molecule has 0 radical (unpaired) electrons. The van der Waals surface area contributed by atoms with Crippen LogP contribution in [0.3, 0.4) is 0 Å². The summed E-state index contributed by atoms with van der Waals surface area (Å²) in [7, 11) is 0. The molecule has 2 aliphatic rings. The predicted octanol–water partition coefficient (Wildman–Crippen LogP) is 4.40. The van der Waals surface area contributed by atoms with Crippen LogP contribution in [0.25, 0.3) is 11.3 Å². The first-order chi connectivity index (χ1) is 15.6. The number of furan rings is 1. The topological polar surface area (TPSA) is 93.7 Å². The summed E-state index contributed by atoms with van der Waals surface area (Å²) in [4.78, 5) is 17.4. The average molecular weight is 451 g/mol. The highest BCUT2D eigenvalue weighted by Gasteiger charge is 2.42. The maximum atomic E-state index is 11.2. The van der Waals surface area contributed by atoms with E-state index in [1.807, 2.05) is 30.3 Å². The van der Waals surface area contributed by atoms with Gasteiger partial charge in [0.05, 0.1) is 22.8 Å². The number of non-ortho nitro benzene ring substituents is 1. The van der Waals surface area contributed by atoms with E-state index >= 15 is 0 Å². The van der Waals surface area contributed by atoms with E-state index < -0.39 is 4.92 Å². The molecule has 4 heterocycles. The summed E-state index contributed by atoms with van der Waals surface area (Å²) in [6.45, 7) is 1.43. The molecule has 3 aromatic rings. The summed E-state index contributed by atoms with van der Waals surface area (Å²) in [5.41, 5.74) is 1.54. The number of hydrogen-bond donors (Lipinski definition) is 1. The van der Waals surface area contributed by atoms with E-state index in [4.69, 9.17) is 21.4 Å². The van der Waals surface area contributed by atoms with Gasteiger partial charge in [-0.25, -0.2) is 0 Å². The monoisotopic (exact) mass is 450 g/mol. The summed E-state index contributed by atoms with van der Waals surface area (Å²) in [6, 6.07) is 15.6. The van der Waals surface area contributed by atoms with Crippen LogP contribution in [0.1, 0.15) is 36.4 Å². The number of aromatic nitrogens is 1. The van der Waals surface area contributed by atoms with Gasteiger partial charge >= 0.3 is 0 Å². The van der Waals surface area contributed by atoms with Crippen LogP contribution in [-0.2, 0) is 4.74 Å². The molecule has 2 saturated heterocycles. The second-order valence-corrected chi connectivity index (χ2v) is 8.31. The molecule has 3 atom stereocenters. The molecule has 0 amide bonds. The van der Waals surface area contributed by atoms with Gasteiger partial charge < -0.3 is 19.4 Å². The predicted molar refractivity (Wildman–Crippen MR) is 122 cm³/mol. The van der Waals surface area contributed by atoms with E-state index in [1.54, 1.807) is 18.3 Å². The molecule has 1 aromatic carbocycles. The van der Waals surface area contributed by atoms with Gasteiger partial charge in [0.25, 0.3) is 5.69 Å². The maximum Gasteiger partial charge on any atom is 0.270 e. The lowest BCUT2D eigenvalue weighted by molar-refractivity contribution is -0.384. The van der Waals surface area contributed by atoms with E-state index in [2.05, 4.69) is 15.2 Å². The Balaban J connectivity index is 1.50. The van der Waals surface area contributed by atoms with E-state index in [9.17, 15) is 10.1 Å². The highest BCUT2D eigenvalue weighted by molar-refractivity contribution is 7.80. The lowest BCUT2D eigenvalue weighted by atomic mass is 10.0. The number of thiocarbonyl (C=S) groups is 1. The van der Waals surface area contributed by atoms with Crippen molar-refractivity contribution in [3.8, 4) is 11.3 Å². The Bertz CT molecular complexity index is 1130. The van der Waals surface area contributed by atoms with Crippen molar-refractivity contribution < 1.29 is 14.1 Å². The van der Waals surface area contributed by atoms with Gasteiger partial charge in [0.1, 0.15) is 17.6 Å². The normalized spacial score (nSPS) is 22.8. The van der Waals surface area contributed by atoms with Crippen LogP contribution in [0.2, 0.25) is 0 Å². The van der Waals surface area contributed by atoms with E-state index in [-0.39, 0.29) is 23.9 Å².